The summed E-state index contributed by atoms with van der Waals surface area (Å²) in [5, 5.41) is 5.50. The van der Waals surface area contributed by atoms with Crippen LogP contribution in [0.25, 0.3) is 11.1 Å². The average Bonchev–Trinajstić information content (AvgIpc) is 3.36. The van der Waals surface area contributed by atoms with E-state index >= 15 is 0 Å². The highest BCUT2D eigenvalue weighted by molar-refractivity contribution is 5.92. The Kier molecular flexibility index (Phi) is 31.4. The quantitative estimate of drug-likeness (QED) is 0.0418. The van der Waals surface area contributed by atoms with E-state index in [9.17, 15) is 24.0 Å². The minimum Gasteiger partial charge on any atom is -0.484 e. The zero-order valence-electron chi connectivity index (χ0n) is 44.0. The van der Waals surface area contributed by atoms with Crippen LogP contribution in [-0.2, 0) is 77.9 Å². The van der Waals surface area contributed by atoms with E-state index in [-0.39, 0.29) is 101 Å². The maximum absolute atomic E-state index is 13.3. The molecule has 412 valence electrons. The van der Waals surface area contributed by atoms with Gasteiger partial charge in [-0.1, -0.05) is 42.5 Å². The van der Waals surface area contributed by atoms with Crippen molar-refractivity contribution in [2.24, 2.45) is 0 Å². The lowest BCUT2D eigenvalue weighted by Gasteiger charge is -2.19. The summed E-state index contributed by atoms with van der Waals surface area (Å²) in [6.07, 6.45) is 0.376. The normalized spacial score (nSPS) is 11.4. The first-order chi connectivity index (χ1) is 35.6. The number of hydrogen-bond acceptors (Lipinski definition) is 18. The van der Waals surface area contributed by atoms with Crippen molar-refractivity contribution in [2.45, 2.75) is 72.2 Å². The molecule has 0 heterocycles. The second-order valence-corrected chi connectivity index (χ2v) is 18.2. The lowest BCUT2D eigenvalue weighted by molar-refractivity contribution is -0.157. The summed E-state index contributed by atoms with van der Waals surface area (Å²) in [6, 6.07) is 21.2. The van der Waals surface area contributed by atoms with Crippen LogP contribution in [0, 0.1) is 0 Å². The van der Waals surface area contributed by atoms with Crippen molar-refractivity contribution in [2.75, 3.05) is 132 Å². The van der Waals surface area contributed by atoms with Crippen molar-refractivity contribution in [3.05, 3.63) is 83.9 Å². The van der Waals surface area contributed by atoms with Crippen molar-refractivity contribution in [3.8, 4) is 22.6 Å². The van der Waals surface area contributed by atoms with Gasteiger partial charge in [-0.25, -0.2) is 4.79 Å². The highest BCUT2D eigenvalue weighted by Gasteiger charge is 2.18. The highest BCUT2D eigenvalue weighted by Crippen LogP contribution is 2.29. The second kappa shape index (κ2) is 37.1. The predicted octanol–water partition coefficient (Wildman–Crippen LogP) is 5.30. The van der Waals surface area contributed by atoms with E-state index in [1.807, 2.05) is 71.9 Å². The first kappa shape index (κ1) is 62.6. The van der Waals surface area contributed by atoms with Crippen molar-refractivity contribution in [1.29, 1.82) is 0 Å². The van der Waals surface area contributed by atoms with Crippen LogP contribution in [0.1, 0.15) is 70.3 Å². The number of rotatable bonds is 40. The molecule has 0 bridgehead atoms. The van der Waals surface area contributed by atoms with Crippen molar-refractivity contribution in [3.63, 3.8) is 0 Å². The molecule has 0 aliphatic rings. The largest absolute Gasteiger partial charge is 0.484 e. The molecule has 0 saturated carbocycles. The zero-order valence-corrected chi connectivity index (χ0v) is 44.0. The molecule has 0 aliphatic carbocycles. The fraction of sp³-hybridized carbons (Fsp3) is 0.574. The van der Waals surface area contributed by atoms with E-state index in [1.165, 1.54) is 6.07 Å². The van der Waals surface area contributed by atoms with E-state index in [1.54, 1.807) is 36.4 Å². The third kappa shape index (κ3) is 32.5. The number of ether oxygens (including phenoxy) is 13. The number of amides is 2. The molecule has 3 aromatic carbocycles. The number of benzene rings is 3. The molecule has 0 spiro atoms. The molecule has 0 radical (unpaired) electrons. The van der Waals surface area contributed by atoms with E-state index < -0.39 is 17.2 Å². The van der Waals surface area contributed by atoms with Crippen molar-refractivity contribution >= 4 is 29.7 Å². The number of carbonyl (C=O) groups is 5. The fourth-order valence-corrected chi connectivity index (χ4v) is 6.06. The van der Waals surface area contributed by atoms with Crippen LogP contribution in [-0.4, -0.2) is 173 Å². The molecule has 3 rings (SSSR count). The summed E-state index contributed by atoms with van der Waals surface area (Å²) in [5.41, 5.74) is 1.36. The average molecular weight is 1040 g/mol. The molecule has 20 heteroatoms. The molecule has 2 N–H and O–H groups in total. The molecular formula is C54H78N2O18. The minimum absolute atomic E-state index is 0.0703. The van der Waals surface area contributed by atoms with Gasteiger partial charge >= 0.3 is 17.9 Å². The molecule has 0 fully saturated rings. The Morgan fingerprint density at radius 3 is 1.27 bits per heavy atom. The molecule has 0 aliphatic heterocycles. The molecular weight excluding hydrogens is 965 g/mol. The lowest BCUT2D eigenvalue weighted by atomic mass is 10.0. The molecule has 0 unspecified atom stereocenters. The molecule has 74 heavy (non-hydrogen) atoms. The summed E-state index contributed by atoms with van der Waals surface area (Å²) in [6.45, 7) is 16.5. The van der Waals surface area contributed by atoms with Gasteiger partial charge in [0.1, 0.15) is 29.3 Å². The highest BCUT2D eigenvalue weighted by atomic mass is 16.6. The standard InChI is InChI=1S/C54H78N2O18/c1-53(2,3)73-50(59)16-20-62-24-28-66-32-34-68-30-26-64-22-18-55-48(57)40-70-46-14-12-43(13-15-46)44-36-45(52(61)72-39-42-10-8-7-9-11-42)38-47(37-44)71-41-49(58)56-19-23-65-27-31-69-35-33-67-29-25-63-21-17-51(60)74-54(4,5)6/h7-15,36-38H,16-35,39-41H2,1-6H3,(H,55,57)(H,56,58). The molecule has 3 aromatic rings. The second-order valence-electron chi connectivity index (χ2n) is 18.2. The van der Waals surface area contributed by atoms with Gasteiger partial charge < -0.3 is 72.2 Å². The Bertz CT molecular complexity index is 2040. The minimum atomic E-state index is -0.572. The Morgan fingerprint density at radius 2 is 0.838 bits per heavy atom. The maximum atomic E-state index is 13.3. The SMILES string of the molecule is CC(C)(C)OC(=O)CCOCCOCCOCCOCCNC(=O)COc1ccc(-c2cc(OCC(=O)NCCOCCOCCOCCOCCC(=O)OC(C)(C)C)cc(C(=O)OCc3ccccc3)c2)cc1. The van der Waals surface area contributed by atoms with Gasteiger partial charge in [-0.15, -0.1) is 0 Å². The monoisotopic (exact) mass is 1040 g/mol. The number of nitrogens with one attached hydrogen (secondary N) is 2. The summed E-state index contributed by atoms with van der Waals surface area (Å²) < 4.78 is 71.3. The smallest absolute Gasteiger partial charge is 0.338 e. The first-order valence-electron chi connectivity index (χ1n) is 24.9. The van der Waals surface area contributed by atoms with Crippen LogP contribution in [0.4, 0.5) is 0 Å². The predicted molar refractivity (Wildman–Crippen MR) is 272 cm³/mol. The van der Waals surface area contributed by atoms with Gasteiger partial charge in [0.15, 0.2) is 13.2 Å². The van der Waals surface area contributed by atoms with Gasteiger partial charge in [0, 0.05) is 13.1 Å². The summed E-state index contributed by atoms with van der Waals surface area (Å²) in [7, 11) is 0. The fourth-order valence-electron chi connectivity index (χ4n) is 6.06. The zero-order chi connectivity index (χ0) is 53.7. The first-order valence-corrected chi connectivity index (χ1v) is 24.9. The maximum Gasteiger partial charge on any atom is 0.338 e. The molecule has 20 nitrogen and oxygen atoms in total. The van der Waals surface area contributed by atoms with Crippen LogP contribution in [0.15, 0.2) is 72.8 Å². The number of carbonyl (C=O) groups excluding carboxylic acids is 5. The van der Waals surface area contributed by atoms with Crippen LogP contribution in [0.2, 0.25) is 0 Å². The van der Waals surface area contributed by atoms with Gasteiger partial charge in [-0.3, -0.25) is 19.2 Å². The van der Waals surface area contributed by atoms with E-state index in [4.69, 9.17) is 61.6 Å². The molecule has 0 saturated heterocycles. The van der Waals surface area contributed by atoms with Crippen LogP contribution < -0.4 is 20.1 Å². The summed E-state index contributed by atoms with van der Waals surface area (Å²) in [5.74, 6) is -1.15. The molecule has 0 atom stereocenters. The van der Waals surface area contributed by atoms with Gasteiger partial charge in [0.25, 0.3) is 11.8 Å². The summed E-state index contributed by atoms with van der Waals surface area (Å²) in [4.78, 5) is 61.7. The summed E-state index contributed by atoms with van der Waals surface area (Å²) >= 11 is 0. The Balaban J connectivity index is 1.30. The van der Waals surface area contributed by atoms with Crippen LogP contribution in [0.3, 0.4) is 0 Å². The molecule has 2 amide bonds. The van der Waals surface area contributed by atoms with Gasteiger partial charge in [0.2, 0.25) is 0 Å². The Hall–Kier alpha value is -5.71. The van der Waals surface area contributed by atoms with Crippen molar-refractivity contribution < 1.29 is 85.6 Å². The van der Waals surface area contributed by atoms with Crippen LogP contribution >= 0.6 is 0 Å². The topological polar surface area (TPSA) is 229 Å². The van der Waals surface area contributed by atoms with Gasteiger partial charge in [-0.2, -0.15) is 0 Å². The Morgan fingerprint density at radius 1 is 0.432 bits per heavy atom. The van der Waals surface area contributed by atoms with Crippen LogP contribution in [0.5, 0.6) is 11.5 Å². The lowest BCUT2D eigenvalue weighted by Crippen LogP contribution is -2.32. The van der Waals surface area contributed by atoms with E-state index in [2.05, 4.69) is 10.6 Å². The molecule has 0 aromatic heterocycles. The van der Waals surface area contributed by atoms with Crippen molar-refractivity contribution in [1.82, 2.24) is 10.6 Å². The third-order valence-corrected chi connectivity index (χ3v) is 9.39. The van der Waals surface area contributed by atoms with Gasteiger partial charge in [-0.05, 0) is 88.6 Å². The van der Waals surface area contributed by atoms with Gasteiger partial charge in [0.05, 0.1) is 124 Å². The number of esters is 3. The van der Waals surface area contributed by atoms with E-state index in [0.29, 0.717) is 103 Å². The Labute approximate surface area is 435 Å². The van der Waals surface area contributed by atoms with E-state index in [0.717, 1.165) is 5.56 Å². The number of hydrogen-bond donors (Lipinski definition) is 2. The third-order valence-electron chi connectivity index (χ3n) is 9.39.